The van der Waals surface area contributed by atoms with Gasteiger partial charge in [0.1, 0.15) is 6.10 Å². The number of hydrogen-bond donors (Lipinski definition) is 0. The van der Waals surface area contributed by atoms with Crippen LogP contribution in [0.4, 0.5) is 0 Å². The summed E-state index contributed by atoms with van der Waals surface area (Å²) in [6.45, 7) is 9.93. The number of nitrogens with zero attached hydrogens (tertiary/aromatic N) is 1. The lowest BCUT2D eigenvalue weighted by Gasteiger charge is -2.30. The van der Waals surface area contributed by atoms with E-state index in [1.54, 1.807) is 0 Å². The van der Waals surface area contributed by atoms with Crippen molar-refractivity contribution in [3.8, 4) is 0 Å². The average Bonchev–Trinajstić information content (AvgIpc) is 2.77. The number of rotatable bonds is 2. The maximum Gasteiger partial charge on any atom is 0.187 e. The third-order valence-electron chi connectivity index (χ3n) is 4.54. The Kier molecular flexibility index (Phi) is 3.79. The molecule has 0 aromatic heterocycles. The molecule has 1 aliphatic heterocycles. The third-order valence-corrected chi connectivity index (χ3v) is 4.54. The SMILES string of the molecule is CC(C1=NCC(C2CCCCC2)O1)C(C)(C)C. The minimum Gasteiger partial charge on any atom is -0.475 e. The van der Waals surface area contributed by atoms with Crippen LogP contribution in [0.15, 0.2) is 4.99 Å². The smallest absolute Gasteiger partial charge is 0.187 e. The number of ether oxygens (including phenoxy) is 1. The van der Waals surface area contributed by atoms with E-state index in [9.17, 15) is 0 Å². The summed E-state index contributed by atoms with van der Waals surface area (Å²) in [4.78, 5) is 4.65. The summed E-state index contributed by atoms with van der Waals surface area (Å²) in [6, 6.07) is 0. The Labute approximate surface area is 106 Å². The standard InChI is InChI=1S/C15H27NO/c1-11(15(2,3)4)14-16-10-13(17-14)12-8-6-5-7-9-12/h11-13H,5-10H2,1-4H3. The van der Waals surface area contributed by atoms with Crippen LogP contribution >= 0.6 is 0 Å². The first-order chi connectivity index (χ1) is 7.98. The van der Waals surface area contributed by atoms with Crippen LogP contribution in [0.2, 0.25) is 0 Å². The zero-order chi connectivity index (χ0) is 12.5. The highest BCUT2D eigenvalue weighted by atomic mass is 16.5. The molecule has 2 atom stereocenters. The van der Waals surface area contributed by atoms with E-state index in [1.807, 2.05) is 0 Å². The van der Waals surface area contributed by atoms with E-state index >= 15 is 0 Å². The fraction of sp³-hybridized carbons (Fsp3) is 0.933. The summed E-state index contributed by atoms with van der Waals surface area (Å²) in [5.74, 6) is 2.20. The van der Waals surface area contributed by atoms with Gasteiger partial charge in [-0.15, -0.1) is 0 Å². The summed E-state index contributed by atoms with van der Waals surface area (Å²) in [6.07, 6.45) is 7.25. The van der Waals surface area contributed by atoms with Gasteiger partial charge in [-0.25, -0.2) is 0 Å². The van der Waals surface area contributed by atoms with Crippen LogP contribution in [0.1, 0.15) is 59.8 Å². The van der Waals surface area contributed by atoms with Crippen molar-refractivity contribution in [3.05, 3.63) is 0 Å². The van der Waals surface area contributed by atoms with Crippen molar-refractivity contribution in [1.82, 2.24) is 0 Å². The minimum atomic E-state index is 0.250. The molecule has 0 amide bonds. The Bertz CT molecular complexity index is 284. The van der Waals surface area contributed by atoms with Gasteiger partial charge in [0.2, 0.25) is 0 Å². The Hall–Kier alpha value is -0.530. The van der Waals surface area contributed by atoms with Crippen molar-refractivity contribution in [3.63, 3.8) is 0 Å². The van der Waals surface area contributed by atoms with Gasteiger partial charge < -0.3 is 4.74 Å². The van der Waals surface area contributed by atoms with Crippen molar-refractivity contribution < 1.29 is 4.74 Å². The number of hydrogen-bond acceptors (Lipinski definition) is 2. The predicted molar refractivity (Wildman–Crippen MR) is 72.4 cm³/mol. The molecule has 0 aromatic rings. The molecule has 2 nitrogen and oxygen atoms in total. The van der Waals surface area contributed by atoms with Crippen molar-refractivity contribution in [2.45, 2.75) is 65.9 Å². The second-order valence-corrected chi connectivity index (χ2v) is 6.82. The molecule has 0 radical (unpaired) electrons. The van der Waals surface area contributed by atoms with Gasteiger partial charge in [-0.05, 0) is 24.2 Å². The highest BCUT2D eigenvalue weighted by molar-refractivity contribution is 5.80. The van der Waals surface area contributed by atoms with E-state index in [-0.39, 0.29) is 5.41 Å². The van der Waals surface area contributed by atoms with Gasteiger partial charge in [-0.2, -0.15) is 0 Å². The third kappa shape index (κ3) is 3.02. The second kappa shape index (κ2) is 4.99. The molecule has 1 fully saturated rings. The van der Waals surface area contributed by atoms with E-state index in [0.29, 0.717) is 12.0 Å². The minimum absolute atomic E-state index is 0.250. The van der Waals surface area contributed by atoms with Crippen molar-refractivity contribution in [2.24, 2.45) is 22.2 Å². The molecule has 1 heterocycles. The monoisotopic (exact) mass is 237 g/mol. The molecule has 0 N–H and O–H groups in total. The lowest BCUT2D eigenvalue weighted by atomic mass is 9.82. The first-order valence-electron chi connectivity index (χ1n) is 7.19. The second-order valence-electron chi connectivity index (χ2n) is 6.82. The van der Waals surface area contributed by atoms with Gasteiger partial charge >= 0.3 is 0 Å². The van der Waals surface area contributed by atoms with Crippen molar-refractivity contribution in [1.29, 1.82) is 0 Å². The summed E-state index contributed by atoms with van der Waals surface area (Å²) >= 11 is 0. The summed E-state index contributed by atoms with van der Waals surface area (Å²) < 4.78 is 6.14. The van der Waals surface area contributed by atoms with Crippen LogP contribution in [-0.2, 0) is 4.74 Å². The maximum absolute atomic E-state index is 6.14. The van der Waals surface area contributed by atoms with Crippen molar-refractivity contribution in [2.75, 3.05) is 6.54 Å². The van der Waals surface area contributed by atoms with E-state index in [0.717, 1.165) is 18.4 Å². The highest BCUT2D eigenvalue weighted by Gasteiger charge is 2.34. The number of aliphatic imine (C=N–C) groups is 1. The molecule has 2 aliphatic rings. The van der Waals surface area contributed by atoms with Crippen LogP contribution in [0.3, 0.4) is 0 Å². The summed E-state index contributed by atoms with van der Waals surface area (Å²) in [7, 11) is 0. The van der Waals surface area contributed by atoms with Gasteiger partial charge in [-0.1, -0.05) is 47.0 Å². The summed E-state index contributed by atoms with van der Waals surface area (Å²) in [5, 5.41) is 0. The van der Waals surface area contributed by atoms with Crippen LogP contribution < -0.4 is 0 Å². The van der Waals surface area contributed by atoms with Crippen LogP contribution in [0, 0.1) is 17.3 Å². The van der Waals surface area contributed by atoms with E-state index in [2.05, 4.69) is 32.7 Å². The first kappa shape index (κ1) is 12.9. The fourth-order valence-electron chi connectivity index (χ4n) is 2.77. The summed E-state index contributed by atoms with van der Waals surface area (Å²) in [5.41, 5.74) is 0.250. The van der Waals surface area contributed by atoms with Gasteiger partial charge in [0.25, 0.3) is 0 Å². The maximum atomic E-state index is 6.14. The average molecular weight is 237 g/mol. The van der Waals surface area contributed by atoms with E-state index < -0.39 is 0 Å². The predicted octanol–water partition coefficient (Wildman–Crippen LogP) is 4.05. The molecule has 0 bridgehead atoms. The molecular formula is C15H27NO. The van der Waals surface area contributed by atoms with Crippen LogP contribution in [0.25, 0.3) is 0 Å². The Morgan fingerprint density at radius 2 is 1.82 bits per heavy atom. The zero-order valence-corrected chi connectivity index (χ0v) is 11.8. The molecule has 2 unspecified atom stereocenters. The van der Waals surface area contributed by atoms with Crippen molar-refractivity contribution >= 4 is 5.90 Å². The molecule has 2 heteroatoms. The fourth-order valence-corrected chi connectivity index (χ4v) is 2.77. The van der Waals surface area contributed by atoms with E-state index in [4.69, 9.17) is 4.74 Å². The molecular weight excluding hydrogens is 210 g/mol. The van der Waals surface area contributed by atoms with E-state index in [1.165, 1.54) is 32.1 Å². The molecule has 0 aromatic carbocycles. The molecule has 2 rings (SSSR count). The Morgan fingerprint density at radius 3 is 2.41 bits per heavy atom. The molecule has 1 saturated carbocycles. The molecule has 0 spiro atoms. The van der Waals surface area contributed by atoms with Gasteiger partial charge in [0.15, 0.2) is 5.90 Å². The van der Waals surface area contributed by atoms with Gasteiger partial charge in [-0.3, -0.25) is 4.99 Å². The lowest BCUT2D eigenvalue weighted by molar-refractivity contribution is 0.109. The molecule has 1 aliphatic carbocycles. The largest absolute Gasteiger partial charge is 0.475 e. The van der Waals surface area contributed by atoms with Gasteiger partial charge in [0, 0.05) is 5.92 Å². The normalized spacial score (nSPS) is 28.7. The van der Waals surface area contributed by atoms with Crippen LogP contribution in [-0.4, -0.2) is 18.5 Å². The molecule has 17 heavy (non-hydrogen) atoms. The zero-order valence-electron chi connectivity index (χ0n) is 11.8. The van der Waals surface area contributed by atoms with Crippen LogP contribution in [0.5, 0.6) is 0 Å². The van der Waals surface area contributed by atoms with Gasteiger partial charge in [0.05, 0.1) is 6.54 Å². The molecule has 98 valence electrons. The molecule has 0 saturated heterocycles. The quantitative estimate of drug-likeness (QED) is 0.710. The first-order valence-corrected chi connectivity index (χ1v) is 7.19. The lowest BCUT2D eigenvalue weighted by Crippen LogP contribution is -2.31. The Morgan fingerprint density at radius 1 is 1.18 bits per heavy atom. The Balaban J connectivity index is 1.89. The highest BCUT2D eigenvalue weighted by Crippen LogP contribution is 2.34. The topological polar surface area (TPSA) is 21.6 Å².